The molecule has 0 saturated carbocycles. The molecule has 0 fully saturated rings. The van der Waals surface area contributed by atoms with Crippen molar-refractivity contribution in [2.45, 2.75) is 10.8 Å². The fourth-order valence-corrected chi connectivity index (χ4v) is 5.27. The van der Waals surface area contributed by atoms with Gasteiger partial charge in [0.25, 0.3) is 0 Å². The molecule has 0 unspecified atom stereocenters. The highest BCUT2D eigenvalue weighted by Gasteiger charge is 2.28. The quantitative estimate of drug-likeness (QED) is 0.456. The van der Waals surface area contributed by atoms with Crippen molar-refractivity contribution in [2.75, 3.05) is 11.4 Å². The highest BCUT2D eigenvalue weighted by atomic mass is 35.5. The molecule has 3 heterocycles. The van der Waals surface area contributed by atoms with E-state index in [0.717, 1.165) is 16.0 Å². The highest BCUT2D eigenvalue weighted by Crippen LogP contribution is 2.47. The molecule has 1 aromatic carbocycles. The number of halogens is 1. The zero-order valence-corrected chi connectivity index (χ0v) is 18.0. The van der Waals surface area contributed by atoms with E-state index in [0.29, 0.717) is 21.3 Å². The van der Waals surface area contributed by atoms with Crippen LogP contribution in [-0.4, -0.2) is 35.2 Å². The van der Waals surface area contributed by atoms with Gasteiger partial charge in [-0.3, -0.25) is 4.79 Å². The summed E-state index contributed by atoms with van der Waals surface area (Å²) in [6.07, 6.45) is 5.15. The number of benzene rings is 1. The second-order valence-electron chi connectivity index (χ2n) is 6.76. The predicted molar refractivity (Wildman–Crippen MR) is 113 cm³/mol. The first-order chi connectivity index (χ1) is 14.1. The van der Waals surface area contributed by atoms with Gasteiger partial charge in [0.1, 0.15) is 12.1 Å². The molecule has 1 aliphatic heterocycles. The molecule has 1 aliphatic rings. The van der Waals surface area contributed by atoms with E-state index < -0.39 is 22.0 Å². The summed E-state index contributed by atoms with van der Waals surface area (Å²) in [5, 5.41) is 10.6. The number of thioether (sulfide) groups is 1. The lowest BCUT2D eigenvalue weighted by atomic mass is 10.2. The zero-order chi connectivity index (χ0) is 21.6. The van der Waals surface area contributed by atoms with Gasteiger partial charge >= 0.3 is 5.97 Å². The molecule has 3 aromatic rings. The Hall–Kier alpha value is -2.53. The van der Waals surface area contributed by atoms with Gasteiger partial charge in [0, 0.05) is 40.9 Å². The molecular weight excluding hydrogens is 450 g/mol. The maximum absolute atomic E-state index is 11.4. The van der Waals surface area contributed by atoms with Crippen LogP contribution in [0.2, 0.25) is 5.02 Å². The monoisotopic (exact) mass is 465 g/mol. The van der Waals surface area contributed by atoms with Crippen molar-refractivity contribution in [3.05, 3.63) is 58.3 Å². The average Bonchev–Trinajstić information content (AvgIpc) is 3.18. The molecule has 4 rings (SSSR count). The summed E-state index contributed by atoms with van der Waals surface area (Å²) in [4.78, 5) is 14.0. The van der Waals surface area contributed by atoms with Gasteiger partial charge in [-0.2, -0.15) is 4.57 Å². The molecule has 0 spiro atoms. The molecule has 1 N–H and O–H groups in total. The van der Waals surface area contributed by atoms with Crippen molar-refractivity contribution >= 4 is 62.2 Å². The van der Waals surface area contributed by atoms with E-state index >= 15 is 0 Å². The number of aromatic nitrogens is 2. The first-order valence-corrected chi connectivity index (χ1v) is 11.5. The van der Waals surface area contributed by atoms with E-state index in [1.807, 2.05) is 23.8 Å². The van der Waals surface area contributed by atoms with E-state index in [4.69, 9.17) is 11.6 Å². The number of carboxylic acids is 1. The number of anilines is 1. The molecule has 0 bridgehead atoms. The van der Waals surface area contributed by atoms with Gasteiger partial charge in [-0.15, -0.1) is 0 Å². The molecule has 0 atom stereocenters. The molecular formula is C19H16ClN3O5S2. The van der Waals surface area contributed by atoms with Gasteiger partial charge in [-0.05, 0) is 24.3 Å². The van der Waals surface area contributed by atoms with Crippen LogP contribution in [-0.2, 0) is 27.8 Å². The van der Waals surface area contributed by atoms with Crippen LogP contribution in [0.4, 0.5) is 5.69 Å². The van der Waals surface area contributed by atoms with E-state index in [1.54, 1.807) is 35.4 Å². The molecule has 0 amide bonds. The van der Waals surface area contributed by atoms with Crippen LogP contribution in [0.3, 0.4) is 0 Å². The first-order valence-electron chi connectivity index (χ1n) is 8.72. The third kappa shape index (κ3) is 4.04. The maximum Gasteiger partial charge on any atom is 0.323 e. The van der Waals surface area contributed by atoms with Crippen LogP contribution in [0, 0.1) is 0 Å². The Morgan fingerprint density at radius 3 is 2.80 bits per heavy atom. The molecule has 2 aromatic heterocycles. The third-order valence-electron chi connectivity index (χ3n) is 4.63. The smallest absolute Gasteiger partial charge is 0.323 e. The Labute approximate surface area is 181 Å². The Morgan fingerprint density at radius 1 is 1.33 bits per heavy atom. The Balaban J connectivity index is 1.84. The van der Waals surface area contributed by atoms with E-state index in [2.05, 4.69) is 0 Å². The summed E-state index contributed by atoms with van der Waals surface area (Å²) >= 11 is 7.53. The van der Waals surface area contributed by atoms with Crippen LogP contribution in [0.15, 0.2) is 52.7 Å². The van der Waals surface area contributed by atoms with E-state index in [1.165, 1.54) is 22.5 Å². The first kappa shape index (κ1) is 20.7. The van der Waals surface area contributed by atoms with Gasteiger partial charge in [-0.1, -0.05) is 23.4 Å². The zero-order valence-electron chi connectivity index (χ0n) is 15.6. The molecule has 0 saturated heterocycles. The van der Waals surface area contributed by atoms with Crippen molar-refractivity contribution in [3.8, 4) is 0 Å². The average molecular weight is 466 g/mol. The second-order valence-corrected chi connectivity index (χ2v) is 9.64. The Bertz CT molecular complexity index is 1320. The van der Waals surface area contributed by atoms with Gasteiger partial charge in [-0.25, -0.2) is 8.42 Å². The van der Waals surface area contributed by atoms with Crippen LogP contribution in [0.1, 0.15) is 5.56 Å². The minimum Gasteiger partial charge on any atom is -0.743 e. The summed E-state index contributed by atoms with van der Waals surface area (Å²) < 4.78 is 36.9. The molecule has 156 valence electrons. The minimum absolute atomic E-state index is 0.232. The van der Waals surface area contributed by atoms with Crippen molar-refractivity contribution in [3.63, 3.8) is 0 Å². The largest absolute Gasteiger partial charge is 0.743 e. The van der Waals surface area contributed by atoms with Crippen LogP contribution in [0.5, 0.6) is 0 Å². The summed E-state index contributed by atoms with van der Waals surface area (Å²) in [7, 11) is -2.65. The number of aryl methyl sites for hydroxylation is 1. The molecule has 0 aliphatic carbocycles. The standard InChI is InChI=1S/C19H16ClN3O5S2/c1-21-6-5-14-19(21)12(4-7-22(14)11-30(26,27)28)8-17-23(10-18(24)25)15-9-13(20)2-3-16(15)29-17/h2-9H,10-11H2,1H3,(H-,24,25,26,27,28). The third-order valence-corrected chi connectivity index (χ3v) is 6.57. The van der Waals surface area contributed by atoms with Gasteiger partial charge in [0.2, 0.25) is 11.4 Å². The SMILES string of the molecule is Cn1ccc2c1c(/C=C1/Sc3ccc(Cl)cc3N1CC(=O)O)cc[n+]2CS(=O)(=O)[O-]. The topological polar surface area (TPSA) is 107 Å². The van der Waals surface area contributed by atoms with Crippen molar-refractivity contribution in [1.82, 2.24) is 4.57 Å². The summed E-state index contributed by atoms with van der Waals surface area (Å²) in [5.74, 6) is -1.65. The van der Waals surface area contributed by atoms with Crippen molar-refractivity contribution in [1.29, 1.82) is 0 Å². The number of hydrogen-bond acceptors (Lipinski definition) is 6. The summed E-state index contributed by atoms with van der Waals surface area (Å²) in [6, 6.07) is 8.75. The Kier molecular flexibility index (Phi) is 5.27. The predicted octanol–water partition coefficient (Wildman–Crippen LogP) is 2.62. The lowest BCUT2D eigenvalue weighted by Gasteiger charge is -2.18. The maximum atomic E-state index is 11.4. The number of rotatable bonds is 5. The Morgan fingerprint density at radius 2 is 2.10 bits per heavy atom. The number of aliphatic carboxylic acids is 1. The number of carboxylic acid groups (broad SMARTS) is 1. The second kappa shape index (κ2) is 7.62. The lowest BCUT2D eigenvalue weighted by molar-refractivity contribution is -0.651. The minimum atomic E-state index is -4.46. The normalized spacial score (nSPS) is 15.2. The summed E-state index contributed by atoms with van der Waals surface area (Å²) in [6.45, 7) is -0.232. The number of fused-ring (bicyclic) bond motifs is 2. The number of pyridine rings is 1. The van der Waals surface area contributed by atoms with Crippen LogP contribution >= 0.6 is 23.4 Å². The summed E-state index contributed by atoms with van der Waals surface area (Å²) in [5.41, 5.74) is 2.78. The van der Waals surface area contributed by atoms with Gasteiger partial charge in [0.15, 0.2) is 16.3 Å². The molecule has 0 radical (unpaired) electrons. The molecule has 30 heavy (non-hydrogen) atoms. The fourth-order valence-electron chi connectivity index (χ4n) is 3.44. The van der Waals surface area contributed by atoms with E-state index in [-0.39, 0.29) is 6.54 Å². The molecule has 11 heteroatoms. The molecule has 8 nitrogen and oxygen atoms in total. The van der Waals surface area contributed by atoms with Gasteiger partial charge in [0.05, 0.1) is 10.7 Å². The van der Waals surface area contributed by atoms with Gasteiger partial charge < -0.3 is 19.1 Å². The van der Waals surface area contributed by atoms with Crippen LogP contribution in [0.25, 0.3) is 17.1 Å². The van der Waals surface area contributed by atoms with Crippen molar-refractivity contribution < 1.29 is 27.4 Å². The lowest BCUT2D eigenvalue weighted by Crippen LogP contribution is -2.38. The number of carbonyl (C=O) groups is 1. The van der Waals surface area contributed by atoms with Crippen molar-refractivity contribution in [2.24, 2.45) is 7.05 Å². The highest BCUT2D eigenvalue weighted by molar-refractivity contribution is 8.03. The number of hydrogen-bond donors (Lipinski definition) is 1. The number of nitrogens with zero attached hydrogens (tertiary/aromatic N) is 3. The van der Waals surface area contributed by atoms with Crippen LogP contribution < -0.4 is 9.47 Å². The van der Waals surface area contributed by atoms with E-state index in [9.17, 15) is 22.9 Å². The fraction of sp³-hybridized carbons (Fsp3) is 0.158.